The van der Waals surface area contributed by atoms with Crippen LogP contribution in [0.3, 0.4) is 0 Å². The fraction of sp³-hybridized carbons (Fsp3) is 0.192. The van der Waals surface area contributed by atoms with Gasteiger partial charge in [-0.25, -0.2) is 9.97 Å². The minimum absolute atomic E-state index is 0.137. The third kappa shape index (κ3) is 5.13. The Bertz CT molecular complexity index is 1290. The Morgan fingerprint density at radius 2 is 1.70 bits per heavy atom. The molecule has 1 saturated heterocycles. The van der Waals surface area contributed by atoms with Gasteiger partial charge in [-0.05, 0) is 40.6 Å². The number of nitrogens with one attached hydrogen (secondary N) is 1. The van der Waals surface area contributed by atoms with Crippen LogP contribution < -0.4 is 10.2 Å². The summed E-state index contributed by atoms with van der Waals surface area (Å²) >= 11 is 6.26. The molecule has 0 spiro atoms. The first-order chi connectivity index (χ1) is 16.1. The van der Waals surface area contributed by atoms with Gasteiger partial charge in [0.15, 0.2) is 0 Å². The summed E-state index contributed by atoms with van der Waals surface area (Å²) in [5.74, 6) is 1.35. The van der Waals surface area contributed by atoms with Crippen molar-refractivity contribution in [1.82, 2.24) is 9.97 Å². The number of fused-ring (bicyclic) bond motifs is 1. The SMILES string of the molecule is O=C(Nc1ccc(Cc2nc(Cl)cc(N3CCOCC3)n2)cc1)c1ccc2ccccc2c1. The molecule has 4 aromatic rings. The predicted molar refractivity (Wildman–Crippen MR) is 131 cm³/mol. The molecule has 0 aliphatic carbocycles. The third-order valence-electron chi connectivity index (χ3n) is 5.65. The summed E-state index contributed by atoms with van der Waals surface area (Å²) in [5.41, 5.74) is 2.40. The number of carbonyl (C=O) groups excluding carboxylic acids is 1. The van der Waals surface area contributed by atoms with E-state index in [-0.39, 0.29) is 5.91 Å². The van der Waals surface area contributed by atoms with Crippen LogP contribution in [0, 0.1) is 0 Å². The van der Waals surface area contributed by atoms with Crippen molar-refractivity contribution in [1.29, 1.82) is 0 Å². The molecule has 1 fully saturated rings. The van der Waals surface area contributed by atoms with Crippen LogP contribution in [0.1, 0.15) is 21.7 Å². The zero-order valence-corrected chi connectivity index (χ0v) is 18.8. The second-order valence-corrected chi connectivity index (χ2v) is 8.34. The molecule has 7 heteroatoms. The van der Waals surface area contributed by atoms with Crippen molar-refractivity contribution in [3.05, 3.63) is 94.9 Å². The molecule has 1 N–H and O–H groups in total. The molecule has 1 aliphatic rings. The average Bonchev–Trinajstić information content (AvgIpc) is 2.85. The van der Waals surface area contributed by atoms with E-state index >= 15 is 0 Å². The highest BCUT2D eigenvalue weighted by molar-refractivity contribution is 6.29. The van der Waals surface area contributed by atoms with Gasteiger partial charge in [0.1, 0.15) is 16.8 Å². The number of benzene rings is 3. The van der Waals surface area contributed by atoms with Crippen molar-refractivity contribution >= 4 is 39.8 Å². The van der Waals surface area contributed by atoms with Gasteiger partial charge in [0, 0.05) is 36.8 Å². The first-order valence-corrected chi connectivity index (χ1v) is 11.3. The monoisotopic (exact) mass is 458 g/mol. The van der Waals surface area contributed by atoms with Gasteiger partial charge in [-0.1, -0.05) is 54.1 Å². The van der Waals surface area contributed by atoms with Crippen molar-refractivity contribution in [2.75, 3.05) is 36.5 Å². The van der Waals surface area contributed by atoms with Crippen LogP contribution in [0.15, 0.2) is 72.8 Å². The molecule has 0 saturated carbocycles. The van der Waals surface area contributed by atoms with Crippen molar-refractivity contribution < 1.29 is 9.53 Å². The van der Waals surface area contributed by atoms with E-state index in [1.165, 1.54) is 0 Å². The van der Waals surface area contributed by atoms with Gasteiger partial charge in [0.25, 0.3) is 5.91 Å². The summed E-state index contributed by atoms with van der Waals surface area (Å²) in [6, 6.07) is 23.2. The number of rotatable bonds is 5. The smallest absolute Gasteiger partial charge is 0.255 e. The van der Waals surface area contributed by atoms with E-state index in [0.717, 1.165) is 40.9 Å². The second-order valence-electron chi connectivity index (χ2n) is 7.95. The Morgan fingerprint density at radius 3 is 2.48 bits per heavy atom. The number of nitrogens with zero attached hydrogens (tertiary/aromatic N) is 3. The molecular weight excluding hydrogens is 436 g/mol. The highest BCUT2D eigenvalue weighted by Crippen LogP contribution is 2.20. The normalized spacial score (nSPS) is 13.8. The maximum atomic E-state index is 12.7. The van der Waals surface area contributed by atoms with Crippen LogP contribution >= 0.6 is 11.6 Å². The van der Waals surface area contributed by atoms with Crippen molar-refractivity contribution in [2.24, 2.45) is 0 Å². The van der Waals surface area contributed by atoms with Crippen LogP contribution in [0.4, 0.5) is 11.5 Å². The molecule has 1 aliphatic heterocycles. The summed E-state index contributed by atoms with van der Waals surface area (Å²) < 4.78 is 5.42. The molecular formula is C26H23ClN4O2. The average molecular weight is 459 g/mol. The van der Waals surface area contributed by atoms with Gasteiger partial charge < -0.3 is 15.0 Å². The Hall–Kier alpha value is -3.48. The number of amides is 1. The maximum Gasteiger partial charge on any atom is 0.255 e. The molecule has 5 rings (SSSR count). The molecule has 0 radical (unpaired) electrons. The summed E-state index contributed by atoms with van der Waals surface area (Å²) in [6.07, 6.45) is 0.552. The standard InChI is InChI=1S/C26H23ClN4O2/c27-23-17-25(31-11-13-33-14-12-31)30-24(29-23)15-18-5-9-22(10-6-18)28-26(32)21-8-7-19-3-1-2-4-20(19)16-21/h1-10,16-17H,11-15H2,(H,28,32). The number of carbonyl (C=O) groups is 1. The largest absolute Gasteiger partial charge is 0.378 e. The molecule has 6 nitrogen and oxygen atoms in total. The number of anilines is 2. The van der Waals surface area contributed by atoms with Gasteiger partial charge in [0.05, 0.1) is 13.2 Å². The zero-order chi connectivity index (χ0) is 22.6. The summed E-state index contributed by atoms with van der Waals surface area (Å²) in [7, 11) is 0. The number of hydrogen-bond acceptors (Lipinski definition) is 5. The molecule has 0 atom stereocenters. The van der Waals surface area contributed by atoms with E-state index in [4.69, 9.17) is 21.3 Å². The Labute approximate surface area is 197 Å². The lowest BCUT2D eigenvalue weighted by atomic mass is 10.1. The van der Waals surface area contributed by atoms with E-state index in [1.54, 1.807) is 6.07 Å². The fourth-order valence-electron chi connectivity index (χ4n) is 3.91. The molecule has 0 unspecified atom stereocenters. The highest BCUT2D eigenvalue weighted by atomic mass is 35.5. The quantitative estimate of drug-likeness (QED) is 0.428. The number of halogens is 1. The number of ether oxygens (including phenoxy) is 1. The van der Waals surface area contributed by atoms with E-state index in [1.807, 2.05) is 66.7 Å². The molecule has 33 heavy (non-hydrogen) atoms. The second kappa shape index (κ2) is 9.57. The first kappa shape index (κ1) is 21.4. The lowest BCUT2D eigenvalue weighted by Gasteiger charge is -2.28. The van der Waals surface area contributed by atoms with E-state index in [2.05, 4.69) is 15.2 Å². The molecule has 0 bridgehead atoms. The maximum absolute atomic E-state index is 12.7. The zero-order valence-electron chi connectivity index (χ0n) is 18.0. The lowest BCUT2D eigenvalue weighted by Crippen LogP contribution is -2.37. The molecule has 1 amide bonds. The minimum atomic E-state index is -0.137. The molecule has 2 heterocycles. The van der Waals surface area contributed by atoms with E-state index in [0.29, 0.717) is 36.2 Å². The van der Waals surface area contributed by atoms with Gasteiger partial charge in [0.2, 0.25) is 0 Å². The Morgan fingerprint density at radius 1 is 0.939 bits per heavy atom. The van der Waals surface area contributed by atoms with Crippen molar-refractivity contribution in [2.45, 2.75) is 6.42 Å². The first-order valence-electron chi connectivity index (χ1n) is 10.9. The predicted octanol–water partition coefficient (Wildman–Crippen LogP) is 4.96. The Kier molecular flexibility index (Phi) is 6.19. The third-order valence-corrected chi connectivity index (χ3v) is 5.84. The lowest BCUT2D eigenvalue weighted by molar-refractivity contribution is 0.102. The Balaban J connectivity index is 1.26. The molecule has 1 aromatic heterocycles. The highest BCUT2D eigenvalue weighted by Gasteiger charge is 2.15. The number of hydrogen-bond donors (Lipinski definition) is 1. The molecule has 166 valence electrons. The van der Waals surface area contributed by atoms with Gasteiger partial charge >= 0.3 is 0 Å². The van der Waals surface area contributed by atoms with E-state index < -0.39 is 0 Å². The van der Waals surface area contributed by atoms with Crippen LogP contribution in [-0.4, -0.2) is 42.2 Å². The topological polar surface area (TPSA) is 67.4 Å². The van der Waals surface area contributed by atoms with Gasteiger partial charge in [-0.2, -0.15) is 0 Å². The minimum Gasteiger partial charge on any atom is -0.378 e. The van der Waals surface area contributed by atoms with E-state index in [9.17, 15) is 4.79 Å². The van der Waals surface area contributed by atoms with Gasteiger partial charge in [-0.3, -0.25) is 4.79 Å². The summed E-state index contributed by atoms with van der Waals surface area (Å²) in [5, 5.41) is 5.55. The summed E-state index contributed by atoms with van der Waals surface area (Å²) in [6.45, 7) is 2.95. The van der Waals surface area contributed by atoms with Crippen LogP contribution in [-0.2, 0) is 11.2 Å². The van der Waals surface area contributed by atoms with Crippen LogP contribution in [0.2, 0.25) is 5.15 Å². The fourth-order valence-corrected chi connectivity index (χ4v) is 4.10. The van der Waals surface area contributed by atoms with Gasteiger partial charge in [-0.15, -0.1) is 0 Å². The van der Waals surface area contributed by atoms with Crippen molar-refractivity contribution in [3.63, 3.8) is 0 Å². The van der Waals surface area contributed by atoms with Crippen LogP contribution in [0.25, 0.3) is 10.8 Å². The molecule has 3 aromatic carbocycles. The summed E-state index contributed by atoms with van der Waals surface area (Å²) in [4.78, 5) is 23.9. The number of morpholine rings is 1. The van der Waals surface area contributed by atoms with Crippen molar-refractivity contribution in [3.8, 4) is 0 Å². The number of aromatic nitrogens is 2. The van der Waals surface area contributed by atoms with Crippen LogP contribution in [0.5, 0.6) is 0 Å².